The van der Waals surface area contributed by atoms with E-state index in [1.165, 1.54) is 29.9 Å². The third-order valence-electron chi connectivity index (χ3n) is 4.76. The van der Waals surface area contributed by atoms with Gasteiger partial charge in [-0.3, -0.25) is 15.0 Å². The molecule has 1 fully saturated rings. The highest BCUT2D eigenvalue weighted by molar-refractivity contribution is 5.90. The lowest BCUT2D eigenvalue weighted by Gasteiger charge is -2.33. The molecule has 1 aliphatic heterocycles. The number of aromatic nitrogens is 2. The third-order valence-corrected chi connectivity index (χ3v) is 4.76. The van der Waals surface area contributed by atoms with Crippen LogP contribution in [0.3, 0.4) is 0 Å². The van der Waals surface area contributed by atoms with E-state index in [9.17, 15) is 13.6 Å². The molecule has 0 unspecified atom stereocenters. The highest BCUT2D eigenvalue weighted by Crippen LogP contribution is 2.16. The van der Waals surface area contributed by atoms with Gasteiger partial charge in [-0.1, -0.05) is 6.07 Å². The van der Waals surface area contributed by atoms with Crippen molar-refractivity contribution >= 4 is 17.8 Å². The Hall–Kier alpha value is -2.91. The molecule has 1 aromatic carbocycles. The van der Waals surface area contributed by atoms with E-state index in [2.05, 4.69) is 20.2 Å². The normalized spacial score (nSPS) is 17.4. The van der Waals surface area contributed by atoms with Gasteiger partial charge in [0.2, 0.25) is 0 Å². The van der Waals surface area contributed by atoms with Crippen LogP contribution in [0.1, 0.15) is 24.1 Å². The molecule has 3 rings (SSSR count). The highest BCUT2D eigenvalue weighted by atomic mass is 19.1. The summed E-state index contributed by atoms with van der Waals surface area (Å²) in [6, 6.07) is 3.90. The van der Waals surface area contributed by atoms with Crippen molar-refractivity contribution in [1.82, 2.24) is 20.3 Å². The van der Waals surface area contributed by atoms with E-state index in [0.29, 0.717) is 30.0 Å². The Morgan fingerprint density at radius 3 is 2.90 bits per heavy atom. The average Bonchev–Trinajstić information content (AvgIpc) is 2.72. The Bertz CT molecular complexity index is 860. The summed E-state index contributed by atoms with van der Waals surface area (Å²) in [4.78, 5) is 21.7. The lowest BCUT2D eigenvalue weighted by atomic mass is 10.0. The maximum Gasteiger partial charge on any atom is 0.267 e. The monoisotopic (exact) mass is 403 g/mol. The molecular weight excluding hydrogens is 380 g/mol. The number of anilines is 1. The van der Waals surface area contributed by atoms with Crippen LogP contribution in [-0.2, 0) is 11.2 Å². The van der Waals surface area contributed by atoms with Gasteiger partial charge in [0.15, 0.2) is 0 Å². The fourth-order valence-electron chi connectivity index (χ4n) is 3.29. The Morgan fingerprint density at radius 2 is 2.17 bits per heavy atom. The minimum Gasteiger partial charge on any atom is -0.365 e. The number of likely N-dealkylation sites (tertiary alicyclic amines) is 1. The van der Waals surface area contributed by atoms with E-state index in [1.807, 2.05) is 0 Å². The van der Waals surface area contributed by atoms with Crippen LogP contribution in [0.2, 0.25) is 0 Å². The molecule has 1 aliphatic rings. The van der Waals surface area contributed by atoms with E-state index >= 15 is 0 Å². The number of nitrogens with one attached hydrogen (secondary N) is 2. The number of piperidine rings is 1. The van der Waals surface area contributed by atoms with Gasteiger partial charge in [0.1, 0.15) is 17.5 Å². The van der Waals surface area contributed by atoms with Crippen LogP contribution in [0, 0.1) is 11.6 Å². The van der Waals surface area contributed by atoms with Crippen molar-refractivity contribution in [3.63, 3.8) is 0 Å². The minimum absolute atomic E-state index is 0.192. The molecular formula is C20H23F2N5O2. The van der Waals surface area contributed by atoms with E-state index in [1.54, 1.807) is 6.20 Å². The Kier molecular flexibility index (Phi) is 7.20. The Balaban J connectivity index is 1.50. The lowest BCUT2D eigenvalue weighted by Crippen LogP contribution is -2.43. The van der Waals surface area contributed by atoms with E-state index in [4.69, 9.17) is 5.21 Å². The predicted molar refractivity (Wildman–Crippen MR) is 104 cm³/mol. The van der Waals surface area contributed by atoms with Crippen molar-refractivity contribution in [2.24, 2.45) is 0 Å². The molecule has 9 heteroatoms. The number of carbonyl (C=O) groups excluding carboxylic acids is 1. The van der Waals surface area contributed by atoms with Gasteiger partial charge in [-0.15, -0.1) is 0 Å². The van der Waals surface area contributed by atoms with Gasteiger partial charge in [-0.25, -0.2) is 19.2 Å². The molecule has 0 aliphatic carbocycles. The molecule has 154 valence electrons. The summed E-state index contributed by atoms with van der Waals surface area (Å²) in [7, 11) is 0. The molecule has 2 aromatic rings. The van der Waals surface area contributed by atoms with Crippen LogP contribution in [0.15, 0.2) is 36.7 Å². The smallest absolute Gasteiger partial charge is 0.267 e. The zero-order chi connectivity index (χ0) is 20.6. The molecule has 1 atom stereocenters. The summed E-state index contributed by atoms with van der Waals surface area (Å²) in [6.45, 7) is 2.43. The zero-order valence-electron chi connectivity index (χ0n) is 15.8. The van der Waals surface area contributed by atoms with Gasteiger partial charge in [0.25, 0.3) is 5.91 Å². The minimum atomic E-state index is -0.642. The maximum absolute atomic E-state index is 13.8. The fourth-order valence-corrected chi connectivity index (χ4v) is 3.29. The number of hydrogen-bond donors (Lipinski definition) is 3. The summed E-state index contributed by atoms with van der Waals surface area (Å²) < 4.78 is 26.8. The molecule has 29 heavy (non-hydrogen) atoms. The Morgan fingerprint density at radius 1 is 1.31 bits per heavy atom. The SMILES string of the molecule is O=C(C=Cc1cnc(N[C@@H]2CCCN(CCc3ccc(F)cc3F)C2)cn1)NO. The van der Waals surface area contributed by atoms with Crippen molar-refractivity contribution in [1.29, 1.82) is 0 Å². The standard InChI is InChI=1S/C20H23F2N5O2/c21-15-4-3-14(18(22)10-15)7-9-27-8-1-2-17(13-27)25-19-12-23-16(11-24-19)5-6-20(28)26-29/h3-6,10-12,17,29H,1-2,7-9,13H2,(H,24,25)(H,26,28)/t17-/m1/s1. The first-order valence-corrected chi connectivity index (χ1v) is 9.40. The van der Waals surface area contributed by atoms with Crippen LogP contribution in [0.5, 0.6) is 0 Å². The van der Waals surface area contributed by atoms with Crippen molar-refractivity contribution < 1.29 is 18.8 Å². The average molecular weight is 403 g/mol. The van der Waals surface area contributed by atoms with Crippen molar-refractivity contribution in [3.8, 4) is 0 Å². The second kappa shape index (κ2) is 10.0. The van der Waals surface area contributed by atoms with Crippen molar-refractivity contribution in [3.05, 3.63) is 59.6 Å². The first kappa shape index (κ1) is 20.8. The maximum atomic E-state index is 13.8. The molecule has 2 heterocycles. The number of amides is 1. The van der Waals surface area contributed by atoms with Crippen LogP contribution in [0.25, 0.3) is 6.08 Å². The number of benzene rings is 1. The van der Waals surface area contributed by atoms with Crippen molar-refractivity contribution in [2.45, 2.75) is 25.3 Å². The number of hydrogen-bond acceptors (Lipinski definition) is 6. The number of hydroxylamine groups is 1. The first-order chi connectivity index (χ1) is 14.0. The number of nitrogens with zero attached hydrogens (tertiary/aromatic N) is 3. The summed E-state index contributed by atoms with van der Waals surface area (Å²) in [5, 5.41) is 11.8. The highest BCUT2D eigenvalue weighted by Gasteiger charge is 2.20. The molecule has 0 bridgehead atoms. The molecule has 1 saturated heterocycles. The molecule has 0 radical (unpaired) electrons. The predicted octanol–water partition coefficient (Wildman–Crippen LogP) is 2.39. The summed E-state index contributed by atoms with van der Waals surface area (Å²) in [6.07, 6.45) is 8.24. The first-order valence-electron chi connectivity index (χ1n) is 9.40. The summed E-state index contributed by atoms with van der Waals surface area (Å²) in [5.74, 6) is -1.08. The van der Waals surface area contributed by atoms with Crippen LogP contribution >= 0.6 is 0 Å². The fraction of sp³-hybridized carbons (Fsp3) is 0.350. The molecule has 0 saturated carbocycles. The number of carbonyl (C=O) groups is 1. The molecule has 1 amide bonds. The largest absolute Gasteiger partial charge is 0.365 e. The van der Waals surface area contributed by atoms with Gasteiger partial charge < -0.3 is 10.2 Å². The second-order valence-electron chi connectivity index (χ2n) is 6.91. The molecule has 0 spiro atoms. The third kappa shape index (κ3) is 6.30. The zero-order valence-corrected chi connectivity index (χ0v) is 15.8. The van der Waals surface area contributed by atoms with Gasteiger partial charge in [-0.05, 0) is 43.5 Å². The molecule has 7 nitrogen and oxygen atoms in total. The van der Waals surface area contributed by atoms with Gasteiger partial charge in [0.05, 0.1) is 18.1 Å². The van der Waals surface area contributed by atoms with Crippen LogP contribution < -0.4 is 10.8 Å². The number of rotatable bonds is 7. The van der Waals surface area contributed by atoms with Crippen LogP contribution in [0.4, 0.5) is 14.6 Å². The van der Waals surface area contributed by atoms with Gasteiger partial charge in [-0.2, -0.15) is 0 Å². The Labute approximate surface area is 167 Å². The van der Waals surface area contributed by atoms with E-state index in [-0.39, 0.29) is 6.04 Å². The van der Waals surface area contributed by atoms with Crippen molar-refractivity contribution in [2.75, 3.05) is 25.0 Å². The second-order valence-corrected chi connectivity index (χ2v) is 6.91. The van der Waals surface area contributed by atoms with E-state index < -0.39 is 17.5 Å². The van der Waals surface area contributed by atoms with Gasteiger partial charge >= 0.3 is 0 Å². The number of halogens is 2. The lowest BCUT2D eigenvalue weighted by molar-refractivity contribution is -0.124. The topological polar surface area (TPSA) is 90.4 Å². The summed E-state index contributed by atoms with van der Waals surface area (Å²) in [5.41, 5.74) is 2.51. The quantitative estimate of drug-likeness (QED) is 0.374. The van der Waals surface area contributed by atoms with Gasteiger partial charge in [0, 0.05) is 31.3 Å². The van der Waals surface area contributed by atoms with Crippen LogP contribution in [-0.4, -0.2) is 51.7 Å². The van der Waals surface area contributed by atoms with E-state index in [0.717, 1.165) is 38.1 Å². The summed E-state index contributed by atoms with van der Waals surface area (Å²) >= 11 is 0. The molecule has 3 N–H and O–H groups in total. The molecule has 1 aromatic heterocycles.